The molecule has 0 amide bonds. The summed E-state index contributed by atoms with van der Waals surface area (Å²) in [6.45, 7) is 2.07. The Hall–Kier alpha value is -0.170. The van der Waals surface area contributed by atoms with Crippen molar-refractivity contribution in [2.75, 3.05) is 19.4 Å². The monoisotopic (exact) mass is 264 g/mol. The molecule has 1 atom stereocenters. The van der Waals surface area contributed by atoms with E-state index in [1.807, 2.05) is 0 Å². The van der Waals surface area contributed by atoms with Gasteiger partial charge < -0.3 is 10.5 Å². The normalized spacial score (nSPS) is 22.3. The molecule has 1 aliphatic rings. The number of hydrogen-bond acceptors (Lipinski definition) is 4. The highest BCUT2D eigenvalue weighted by atomic mass is 32.2. The smallest absolute Gasteiger partial charge is 0.214 e. The van der Waals surface area contributed by atoms with Crippen molar-refractivity contribution in [1.82, 2.24) is 4.72 Å². The maximum absolute atomic E-state index is 11.7. The van der Waals surface area contributed by atoms with Gasteiger partial charge in [-0.05, 0) is 19.8 Å². The van der Waals surface area contributed by atoms with Crippen LogP contribution in [0, 0.1) is 0 Å². The van der Waals surface area contributed by atoms with Gasteiger partial charge in [-0.1, -0.05) is 19.3 Å². The minimum absolute atomic E-state index is 0.0143. The number of nitrogens with one attached hydrogen (secondary N) is 1. The van der Waals surface area contributed by atoms with Crippen molar-refractivity contribution in [3.8, 4) is 0 Å². The van der Waals surface area contributed by atoms with E-state index in [0.717, 1.165) is 25.7 Å². The van der Waals surface area contributed by atoms with Crippen molar-refractivity contribution >= 4 is 10.0 Å². The Balaban J connectivity index is 2.43. The van der Waals surface area contributed by atoms with Crippen molar-refractivity contribution in [3.05, 3.63) is 0 Å². The van der Waals surface area contributed by atoms with Gasteiger partial charge in [0.05, 0.1) is 11.9 Å². The molecule has 0 radical (unpaired) electrons. The second kappa shape index (κ2) is 6.13. The topological polar surface area (TPSA) is 81.4 Å². The van der Waals surface area contributed by atoms with Crippen molar-refractivity contribution in [2.24, 2.45) is 5.73 Å². The first-order valence-corrected chi connectivity index (χ1v) is 7.81. The molecule has 1 saturated carbocycles. The molecule has 5 nitrogen and oxygen atoms in total. The largest absolute Gasteiger partial charge is 0.381 e. The van der Waals surface area contributed by atoms with Gasteiger partial charge in [0.1, 0.15) is 0 Å². The summed E-state index contributed by atoms with van der Waals surface area (Å²) in [7, 11) is -1.78. The Morgan fingerprint density at radius 3 is 2.47 bits per heavy atom. The molecule has 17 heavy (non-hydrogen) atoms. The van der Waals surface area contributed by atoms with Crippen LogP contribution in [-0.2, 0) is 14.8 Å². The van der Waals surface area contributed by atoms with Gasteiger partial charge >= 0.3 is 0 Å². The molecule has 1 unspecified atom stereocenters. The van der Waals surface area contributed by atoms with Crippen LogP contribution in [0.1, 0.15) is 39.0 Å². The second-order valence-corrected chi connectivity index (χ2v) is 6.92. The molecule has 0 aromatic carbocycles. The molecule has 0 aromatic heterocycles. The summed E-state index contributed by atoms with van der Waals surface area (Å²) in [5, 5.41) is 0. The van der Waals surface area contributed by atoms with E-state index < -0.39 is 10.0 Å². The van der Waals surface area contributed by atoms with Crippen LogP contribution in [0.15, 0.2) is 0 Å². The zero-order chi connectivity index (χ0) is 12.9. The van der Waals surface area contributed by atoms with E-state index >= 15 is 0 Å². The van der Waals surface area contributed by atoms with Gasteiger partial charge in [0, 0.05) is 19.2 Å². The zero-order valence-corrected chi connectivity index (χ0v) is 11.6. The van der Waals surface area contributed by atoms with Gasteiger partial charge in [0.15, 0.2) is 0 Å². The summed E-state index contributed by atoms with van der Waals surface area (Å²) >= 11 is 0. The summed E-state index contributed by atoms with van der Waals surface area (Å²) in [5.41, 5.74) is 5.81. The summed E-state index contributed by atoms with van der Waals surface area (Å²) in [5.74, 6) is -0.0143. The molecule has 6 heteroatoms. The van der Waals surface area contributed by atoms with Crippen LogP contribution in [0.5, 0.6) is 0 Å². The summed E-state index contributed by atoms with van der Waals surface area (Å²) in [6, 6.07) is 0. The fraction of sp³-hybridized carbons (Fsp3) is 1.00. The highest BCUT2D eigenvalue weighted by Gasteiger charge is 2.29. The first-order chi connectivity index (χ1) is 7.87. The molecular formula is C11H24N2O3S. The average Bonchev–Trinajstić information content (AvgIpc) is 2.27. The summed E-state index contributed by atoms with van der Waals surface area (Å²) in [6.07, 6.45) is 4.88. The molecular weight excluding hydrogens is 240 g/mol. The summed E-state index contributed by atoms with van der Waals surface area (Å²) < 4.78 is 31.0. The van der Waals surface area contributed by atoms with Gasteiger partial charge in [0.2, 0.25) is 10.0 Å². The zero-order valence-electron chi connectivity index (χ0n) is 10.7. The third kappa shape index (κ3) is 5.33. The number of hydrogen-bond donors (Lipinski definition) is 2. The van der Waals surface area contributed by atoms with Crippen molar-refractivity contribution < 1.29 is 13.2 Å². The Morgan fingerprint density at radius 2 is 1.94 bits per heavy atom. The van der Waals surface area contributed by atoms with E-state index in [0.29, 0.717) is 6.54 Å². The minimum atomic E-state index is -3.29. The van der Waals surface area contributed by atoms with Crippen LogP contribution in [0.2, 0.25) is 0 Å². The van der Waals surface area contributed by atoms with Gasteiger partial charge in [-0.3, -0.25) is 0 Å². The van der Waals surface area contributed by atoms with E-state index in [2.05, 4.69) is 4.72 Å². The number of methoxy groups -OCH3 is 1. The van der Waals surface area contributed by atoms with E-state index in [9.17, 15) is 8.42 Å². The standard InChI is InChI=1S/C11H24N2O3S/c1-10(16-2)8-17(14,15)13-9-11(12)6-4-3-5-7-11/h10,13H,3-9,12H2,1-2H3. The number of nitrogens with two attached hydrogens (primary N) is 1. The van der Waals surface area contributed by atoms with Crippen LogP contribution >= 0.6 is 0 Å². The molecule has 0 aliphatic heterocycles. The van der Waals surface area contributed by atoms with Gasteiger partial charge in [0.25, 0.3) is 0 Å². The quantitative estimate of drug-likeness (QED) is 0.736. The maximum Gasteiger partial charge on any atom is 0.214 e. The second-order valence-electron chi connectivity index (χ2n) is 5.07. The molecule has 0 aromatic rings. The van der Waals surface area contributed by atoms with Gasteiger partial charge in [-0.2, -0.15) is 0 Å². The predicted octanol–water partition coefficient (Wildman–Crippen LogP) is 0.602. The molecule has 1 rings (SSSR count). The van der Waals surface area contributed by atoms with Crippen LogP contribution < -0.4 is 10.5 Å². The third-order valence-corrected chi connectivity index (χ3v) is 4.84. The Kier molecular flexibility index (Phi) is 5.37. The van der Waals surface area contributed by atoms with Gasteiger partial charge in [-0.15, -0.1) is 0 Å². The fourth-order valence-corrected chi connectivity index (χ4v) is 3.50. The van der Waals surface area contributed by atoms with Crippen LogP contribution in [0.3, 0.4) is 0 Å². The minimum Gasteiger partial charge on any atom is -0.381 e. The molecule has 1 fully saturated rings. The lowest BCUT2D eigenvalue weighted by Gasteiger charge is -2.33. The molecule has 102 valence electrons. The lowest BCUT2D eigenvalue weighted by molar-refractivity contribution is 0.136. The third-order valence-electron chi connectivity index (χ3n) is 3.35. The van der Waals surface area contributed by atoms with Crippen molar-refractivity contribution in [2.45, 2.75) is 50.7 Å². The lowest BCUT2D eigenvalue weighted by atomic mass is 9.83. The fourth-order valence-electron chi connectivity index (χ4n) is 2.12. The lowest BCUT2D eigenvalue weighted by Crippen LogP contribution is -2.52. The molecule has 3 N–H and O–H groups in total. The Bertz CT molecular complexity index is 324. The highest BCUT2D eigenvalue weighted by Crippen LogP contribution is 2.25. The van der Waals surface area contributed by atoms with Crippen molar-refractivity contribution in [1.29, 1.82) is 0 Å². The molecule has 0 bridgehead atoms. The van der Waals surface area contributed by atoms with Crippen LogP contribution in [0.4, 0.5) is 0 Å². The first-order valence-electron chi connectivity index (χ1n) is 6.16. The summed E-state index contributed by atoms with van der Waals surface area (Å²) in [4.78, 5) is 0. The molecule has 1 aliphatic carbocycles. The van der Waals surface area contributed by atoms with Gasteiger partial charge in [-0.25, -0.2) is 13.1 Å². The number of rotatable bonds is 6. The first kappa shape index (κ1) is 14.9. The SMILES string of the molecule is COC(C)CS(=O)(=O)NCC1(N)CCCCC1. The molecule has 0 spiro atoms. The van der Waals surface area contributed by atoms with E-state index in [1.165, 1.54) is 13.5 Å². The number of ether oxygens (including phenoxy) is 1. The molecule has 0 heterocycles. The highest BCUT2D eigenvalue weighted by molar-refractivity contribution is 7.89. The van der Waals surface area contributed by atoms with Crippen LogP contribution in [-0.4, -0.2) is 39.5 Å². The van der Waals surface area contributed by atoms with Crippen molar-refractivity contribution in [3.63, 3.8) is 0 Å². The van der Waals surface area contributed by atoms with E-state index in [-0.39, 0.29) is 17.4 Å². The average molecular weight is 264 g/mol. The Morgan fingerprint density at radius 1 is 1.35 bits per heavy atom. The predicted molar refractivity (Wildman–Crippen MR) is 68.3 cm³/mol. The molecule has 0 saturated heterocycles. The maximum atomic E-state index is 11.7. The number of sulfonamides is 1. The van der Waals surface area contributed by atoms with Crippen LogP contribution in [0.25, 0.3) is 0 Å². The Labute approximate surface area is 104 Å². The van der Waals surface area contributed by atoms with E-state index in [4.69, 9.17) is 10.5 Å². The van der Waals surface area contributed by atoms with E-state index in [1.54, 1.807) is 6.92 Å².